The molecule has 3 heterocycles. The molecule has 10 heteroatoms. The Labute approximate surface area is 216 Å². The van der Waals surface area contributed by atoms with E-state index in [1.165, 1.54) is 5.56 Å². The van der Waals surface area contributed by atoms with Crippen LogP contribution >= 0.6 is 7.82 Å². The number of fused-ring (bicyclic) bond motifs is 3. The van der Waals surface area contributed by atoms with Gasteiger partial charge in [0.25, 0.3) is 0 Å². The topological polar surface area (TPSA) is 111 Å². The fraction of sp³-hybridized carbons (Fsp3) is 0.407. The second-order valence-corrected chi connectivity index (χ2v) is 10.9. The van der Waals surface area contributed by atoms with Gasteiger partial charge in [-0.05, 0) is 37.5 Å². The van der Waals surface area contributed by atoms with Crippen LogP contribution in [-0.4, -0.2) is 40.5 Å². The van der Waals surface area contributed by atoms with Crippen LogP contribution in [0.3, 0.4) is 0 Å². The Hall–Kier alpha value is -2.81. The Bertz CT molecular complexity index is 1440. The minimum atomic E-state index is -3.72. The molecule has 1 unspecified atom stereocenters. The quantitative estimate of drug-likeness (QED) is 0.281. The van der Waals surface area contributed by atoms with Crippen molar-refractivity contribution in [2.75, 3.05) is 25.6 Å². The maximum atomic E-state index is 13.3. The second kappa shape index (κ2) is 10.9. The Morgan fingerprint density at radius 3 is 2.68 bits per heavy atom. The zero-order valence-corrected chi connectivity index (χ0v) is 22.3. The molecule has 0 radical (unpaired) electrons. The highest BCUT2D eigenvalue weighted by Crippen LogP contribution is 2.54. The van der Waals surface area contributed by atoms with E-state index in [9.17, 15) is 4.57 Å². The van der Waals surface area contributed by atoms with Gasteiger partial charge in [-0.15, -0.1) is 0 Å². The summed E-state index contributed by atoms with van der Waals surface area (Å²) >= 11 is 0. The molecule has 5 rings (SSSR count). The first-order chi connectivity index (χ1) is 17.9. The van der Waals surface area contributed by atoms with E-state index in [1.54, 1.807) is 0 Å². The average Bonchev–Trinajstić information content (AvgIpc) is 3.26. The highest BCUT2D eigenvalue weighted by molar-refractivity contribution is 7.48. The number of hydrogen-bond donors (Lipinski definition) is 1. The lowest BCUT2D eigenvalue weighted by molar-refractivity contribution is 0.0380. The standard InChI is InChI=1S/C27H33N4O5P/c1-4-19-9-8-10-20(13-19)21-15-34-37(32,35-16-21)36-18(3)14-31-24(17-33-5-2)30-25-26(31)22-11-6-7-12-23(22)29-27(25)28/h6-13,18,21H,4-5,14-17H2,1-3H3,(H2,28,29). The van der Waals surface area contributed by atoms with Crippen LogP contribution in [0.2, 0.25) is 0 Å². The first-order valence-electron chi connectivity index (χ1n) is 12.7. The number of nitrogens with two attached hydrogens (primary N) is 1. The van der Waals surface area contributed by atoms with Gasteiger partial charge in [-0.2, -0.15) is 0 Å². The average molecular weight is 525 g/mol. The van der Waals surface area contributed by atoms with E-state index in [1.807, 2.05) is 54.8 Å². The van der Waals surface area contributed by atoms with Crippen molar-refractivity contribution >= 4 is 35.6 Å². The normalized spacial score (nSPS) is 21.0. The maximum absolute atomic E-state index is 13.3. The number of nitrogens with zero attached hydrogens (tertiary/aromatic N) is 3. The number of imidazole rings is 1. The van der Waals surface area contributed by atoms with Crippen LogP contribution in [0, 0.1) is 0 Å². The summed E-state index contributed by atoms with van der Waals surface area (Å²) < 4.78 is 38.3. The first-order valence-corrected chi connectivity index (χ1v) is 14.1. The van der Waals surface area contributed by atoms with Gasteiger partial charge in [-0.3, -0.25) is 13.6 Å². The fourth-order valence-electron chi connectivity index (χ4n) is 4.68. The summed E-state index contributed by atoms with van der Waals surface area (Å²) in [5.41, 5.74) is 10.8. The molecule has 0 bridgehead atoms. The fourth-order valence-corrected chi connectivity index (χ4v) is 6.11. The number of ether oxygens (including phenoxy) is 1. The molecule has 0 amide bonds. The van der Waals surface area contributed by atoms with E-state index in [2.05, 4.69) is 24.0 Å². The Balaban J connectivity index is 1.36. The molecule has 4 aromatic rings. The summed E-state index contributed by atoms with van der Waals surface area (Å²) in [7, 11) is -3.72. The van der Waals surface area contributed by atoms with Crippen LogP contribution in [0.5, 0.6) is 0 Å². The predicted molar refractivity (Wildman–Crippen MR) is 143 cm³/mol. The van der Waals surface area contributed by atoms with Gasteiger partial charge in [-0.1, -0.05) is 49.4 Å². The molecule has 1 aliphatic heterocycles. The van der Waals surface area contributed by atoms with E-state index in [0.717, 1.165) is 28.4 Å². The number of aromatic nitrogens is 3. The summed E-state index contributed by atoms with van der Waals surface area (Å²) in [5.74, 6) is 1.05. The lowest BCUT2D eigenvalue weighted by atomic mass is 9.98. The van der Waals surface area contributed by atoms with Crippen LogP contribution in [0.1, 0.15) is 43.6 Å². The zero-order chi connectivity index (χ0) is 26.0. The van der Waals surface area contributed by atoms with Crippen molar-refractivity contribution in [3.63, 3.8) is 0 Å². The zero-order valence-electron chi connectivity index (χ0n) is 21.4. The lowest BCUT2D eigenvalue weighted by Gasteiger charge is -2.30. The minimum Gasteiger partial charge on any atom is -0.382 e. The van der Waals surface area contributed by atoms with Crippen molar-refractivity contribution in [1.29, 1.82) is 0 Å². The third kappa shape index (κ3) is 5.42. The van der Waals surface area contributed by atoms with Gasteiger partial charge in [0.2, 0.25) is 0 Å². The third-order valence-corrected chi connectivity index (χ3v) is 8.12. The number of pyridine rings is 1. The van der Waals surface area contributed by atoms with Crippen molar-refractivity contribution in [1.82, 2.24) is 14.5 Å². The molecular formula is C27H33N4O5P. The molecule has 1 fully saturated rings. The largest absolute Gasteiger partial charge is 0.475 e. The van der Waals surface area contributed by atoms with Crippen LogP contribution in [0.4, 0.5) is 5.82 Å². The van der Waals surface area contributed by atoms with Gasteiger partial charge < -0.3 is 15.0 Å². The molecule has 0 aliphatic carbocycles. The predicted octanol–water partition coefficient (Wildman–Crippen LogP) is 5.61. The van der Waals surface area contributed by atoms with E-state index in [0.29, 0.717) is 36.9 Å². The molecule has 2 aromatic carbocycles. The van der Waals surface area contributed by atoms with Gasteiger partial charge in [-0.25, -0.2) is 14.5 Å². The lowest BCUT2D eigenvalue weighted by Crippen LogP contribution is -2.24. The van der Waals surface area contributed by atoms with Crippen molar-refractivity contribution in [2.24, 2.45) is 0 Å². The maximum Gasteiger partial charge on any atom is 0.475 e. The number of phosphoric acid groups is 1. The number of phosphoric ester groups is 1. The summed E-state index contributed by atoms with van der Waals surface area (Å²) in [5, 5.41) is 0.920. The van der Waals surface area contributed by atoms with E-state index >= 15 is 0 Å². The SMILES string of the molecule is CCOCc1nc2c(N)nc3ccccc3c2n1CC(C)OP1(=O)OCC(c2cccc(CC)c2)CO1. The number of hydrogen-bond acceptors (Lipinski definition) is 8. The molecule has 1 saturated heterocycles. The van der Waals surface area contributed by atoms with Crippen molar-refractivity contribution < 1.29 is 22.9 Å². The second-order valence-electron chi connectivity index (χ2n) is 9.24. The van der Waals surface area contributed by atoms with E-state index in [-0.39, 0.29) is 19.1 Å². The molecule has 2 aromatic heterocycles. The molecule has 0 spiro atoms. The number of rotatable bonds is 9. The van der Waals surface area contributed by atoms with E-state index < -0.39 is 13.9 Å². The monoisotopic (exact) mass is 524 g/mol. The van der Waals surface area contributed by atoms with E-state index in [4.69, 9.17) is 29.0 Å². The third-order valence-electron chi connectivity index (χ3n) is 6.57. The number of anilines is 1. The Morgan fingerprint density at radius 2 is 1.92 bits per heavy atom. The highest BCUT2D eigenvalue weighted by Gasteiger charge is 2.36. The van der Waals surface area contributed by atoms with Gasteiger partial charge in [0, 0.05) is 17.9 Å². The molecule has 37 heavy (non-hydrogen) atoms. The molecule has 9 nitrogen and oxygen atoms in total. The molecular weight excluding hydrogens is 491 g/mol. The summed E-state index contributed by atoms with van der Waals surface area (Å²) in [4.78, 5) is 9.25. The van der Waals surface area contributed by atoms with Crippen molar-refractivity contribution in [3.8, 4) is 0 Å². The molecule has 1 aliphatic rings. The summed E-state index contributed by atoms with van der Waals surface area (Å²) in [6, 6.07) is 16.1. The minimum absolute atomic E-state index is 0.00436. The summed E-state index contributed by atoms with van der Waals surface area (Å²) in [6.45, 7) is 7.63. The van der Waals surface area contributed by atoms with Gasteiger partial charge in [0.15, 0.2) is 5.82 Å². The molecule has 0 saturated carbocycles. The van der Waals surface area contributed by atoms with Gasteiger partial charge in [0.05, 0.1) is 36.9 Å². The number of aryl methyl sites for hydroxylation is 1. The molecule has 196 valence electrons. The van der Waals surface area contributed by atoms with Crippen molar-refractivity contribution in [3.05, 3.63) is 65.5 Å². The number of para-hydroxylation sites is 1. The number of benzene rings is 2. The Kier molecular flexibility index (Phi) is 7.60. The molecule has 2 N–H and O–H groups in total. The molecule has 1 atom stereocenters. The van der Waals surface area contributed by atoms with Crippen LogP contribution in [-0.2, 0) is 42.4 Å². The Morgan fingerprint density at radius 1 is 1.14 bits per heavy atom. The number of nitrogen functional groups attached to an aromatic ring is 1. The summed E-state index contributed by atoms with van der Waals surface area (Å²) in [6.07, 6.45) is 0.448. The van der Waals surface area contributed by atoms with Crippen LogP contribution in [0.15, 0.2) is 48.5 Å². The van der Waals surface area contributed by atoms with Crippen LogP contribution < -0.4 is 5.73 Å². The highest BCUT2D eigenvalue weighted by atomic mass is 31.2. The van der Waals surface area contributed by atoms with Crippen LogP contribution in [0.25, 0.3) is 21.9 Å². The van der Waals surface area contributed by atoms with Crippen molar-refractivity contribution in [2.45, 2.75) is 52.4 Å². The first kappa shape index (κ1) is 25.8. The van der Waals surface area contributed by atoms with Gasteiger partial charge in [0.1, 0.15) is 17.9 Å². The smallest absolute Gasteiger partial charge is 0.382 e. The van der Waals surface area contributed by atoms with Gasteiger partial charge >= 0.3 is 7.82 Å².